The topological polar surface area (TPSA) is 72.6 Å². The maximum absolute atomic E-state index is 11.6. The number of aliphatic hydroxyl groups is 1. The second-order valence-electron chi connectivity index (χ2n) is 5.07. The Balaban J connectivity index is 2.25. The first-order valence-corrected chi connectivity index (χ1v) is 6.18. The monoisotopic (exact) mass is 263 g/mol. The minimum Gasteiger partial charge on any atom is -0.491 e. The highest BCUT2D eigenvalue weighted by atomic mass is 16.5. The Morgan fingerprint density at radius 2 is 2.21 bits per heavy atom. The first kappa shape index (κ1) is 13.5. The lowest BCUT2D eigenvalue weighted by Crippen LogP contribution is -2.27. The van der Waals surface area contributed by atoms with Crippen molar-refractivity contribution in [1.82, 2.24) is 5.16 Å². The molecule has 0 fully saturated rings. The van der Waals surface area contributed by atoms with Crippen molar-refractivity contribution in [2.75, 3.05) is 6.61 Å². The van der Waals surface area contributed by atoms with Gasteiger partial charge in [0.05, 0.1) is 11.0 Å². The second kappa shape index (κ2) is 5.01. The Hall–Kier alpha value is -1.88. The summed E-state index contributed by atoms with van der Waals surface area (Å²) in [4.78, 5) is 11.6. The molecule has 102 valence electrons. The third kappa shape index (κ3) is 3.12. The summed E-state index contributed by atoms with van der Waals surface area (Å²) in [7, 11) is 0. The van der Waals surface area contributed by atoms with E-state index in [0.717, 1.165) is 0 Å². The van der Waals surface area contributed by atoms with Crippen molar-refractivity contribution < 1.29 is 19.2 Å². The van der Waals surface area contributed by atoms with Crippen LogP contribution in [0.2, 0.25) is 0 Å². The maximum atomic E-state index is 11.6. The lowest BCUT2D eigenvalue weighted by atomic mass is 10.1. The number of hydrogen-bond donors (Lipinski definition) is 1. The van der Waals surface area contributed by atoms with Gasteiger partial charge in [0, 0.05) is 12.5 Å². The van der Waals surface area contributed by atoms with E-state index in [1.807, 2.05) is 0 Å². The predicted octanol–water partition coefficient (Wildman–Crippen LogP) is 2.57. The number of aromatic nitrogens is 1. The smallest absolute Gasteiger partial charge is 0.210 e. The van der Waals surface area contributed by atoms with E-state index < -0.39 is 5.60 Å². The number of nitrogens with zero attached hydrogens (tertiary/aromatic N) is 1. The molecule has 1 N–H and O–H groups in total. The molecule has 2 rings (SSSR count). The molecule has 1 aromatic heterocycles. The van der Waals surface area contributed by atoms with E-state index in [0.29, 0.717) is 23.1 Å². The van der Waals surface area contributed by atoms with Crippen LogP contribution in [0.15, 0.2) is 22.7 Å². The molecule has 0 unspecified atom stereocenters. The van der Waals surface area contributed by atoms with Crippen LogP contribution >= 0.6 is 0 Å². The summed E-state index contributed by atoms with van der Waals surface area (Å²) in [5.74, 6) is 0.789. The van der Waals surface area contributed by atoms with E-state index in [-0.39, 0.29) is 18.2 Å². The number of fused-ring (bicyclic) bond motifs is 1. The molecule has 0 aliphatic heterocycles. The van der Waals surface area contributed by atoms with Gasteiger partial charge < -0.3 is 14.4 Å². The Kier molecular flexibility index (Phi) is 3.57. The van der Waals surface area contributed by atoms with Crippen LogP contribution in [0, 0.1) is 0 Å². The normalized spacial score (nSPS) is 11.8. The molecule has 5 heteroatoms. The van der Waals surface area contributed by atoms with E-state index >= 15 is 0 Å². The van der Waals surface area contributed by atoms with E-state index in [9.17, 15) is 9.90 Å². The Morgan fingerprint density at radius 1 is 1.47 bits per heavy atom. The molecular formula is C14H17NO4. The second-order valence-corrected chi connectivity index (χ2v) is 5.07. The van der Waals surface area contributed by atoms with E-state index in [2.05, 4.69) is 5.16 Å². The van der Waals surface area contributed by atoms with Crippen LogP contribution in [0.1, 0.15) is 37.7 Å². The summed E-state index contributed by atoms with van der Waals surface area (Å²) in [5, 5.41) is 14.1. The Labute approximate surface area is 111 Å². The Bertz CT molecular complexity index is 595. The summed E-state index contributed by atoms with van der Waals surface area (Å²) in [6, 6.07) is 5.17. The number of carbonyl (C=O) groups excluding carboxylic acids is 1. The number of rotatable bonds is 5. The van der Waals surface area contributed by atoms with Gasteiger partial charge in [-0.05, 0) is 26.0 Å². The summed E-state index contributed by atoms with van der Waals surface area (Å²) >= 11 is 0. The van der Waals surface area contributed by atoms with E-state index in [1.54, 1.807) is 39.0 Å². The number of carbonyl (C=O) groups is 1. The average Bonchev–Trinajstić information content (AvgIpc) is 2.77. The molecule has 0 atom stereocenters. The van der Waals surface area contributed by atoms with Crippen LogP contribution in [0.25, 0.3) is 10.9 Å². The van der Waals surface area contributed by atoms with Crippen LogP contribution in [-0.4, -0.2) is 28.3 Å². The van der Waals surface area contributed by atoms with Crippen LogP contribution < -0.4 is 4.74 Å². The van der Waals surface area contributed by atoms with E-state index in [1.165, 1.54) is 0 Å². The van der Waals surface area contributed by atoms with Gasteiger partial charge in [0.25, 0.3) is 0 Å². The molecule has 0 saturated carbocycles. The molecule has 1 aromatic carbocycles. The van der Waals surface area contributed by atoms with Gasteiger partial charge in [-0.1, -0.05) is 12.1 Å². The van der Waals surface area contributed by atoms with Crippen molar-refractivity contribution in [2.45, 2.75) is 32.8 Å². The predicted molar refractivity (Wildman–Crippen MR) is 70.4 cm³/mol. The largest absolute Gasteiger partial charge is 0.491 e. The van der Waals surface area contributed by atoms with Crippen LogP contribution in [0.5, 0.6) is 5.75 Å². The number of ether oxygens (including phenoxy) is 1. The molecule has 0 aliphatic carbocycles. The van der Waals surface area contributed by atoms with Gasteiger partial charge in [-0.3, -0.25) is 4.79 Å². The minimum absolute atomic E-state index is 0.0762. The van der Waals surface area contributed by atoms with Gasteiger partial charge in [0.15, 0.2) is 0 Å². The lowest BCUT2D eigenvalue weighted by Gasteiger charge is -2.17. The van der Waals surface area contributed by atoms with Gasteiger partial charge in [-0.15, -0.1) is 0 Å². The number of hydrogen-bond acceptors (Lipinski definition) is 5. The molecule has 2 aromatic rings. The fourth-order valence-corrected chi connectivity index (χ4v) is 1.63. The third-order valence-corrected chi connectivity index (χ3v) is 2.62. The van der Waals surface area contributed by atoms with Crippen molar-refractivity contribution in [1.29, 1.82) is 0 Å². The molecule has 0 amide bonds. The van der Waals surface area contributed by atoms with Crippen molar-refractivity contribution in [3.8, 4) is 5.75 Å². The van der Waals surface area contributed by atoms with Gasteiger partial charge >= 0.3 is 0 Å². The van der Waals surface area contributed by atoms with Gasteiger partial charge in [0.2, 0.25) is 11.5 Å². The number of Topliss-reactive ketones (excluding diaryl/α,β-unsaturated/α-hetero) is 1. The SMILES string of the molecule is CCC(=O)c1onc2cc(OCC(C)(C)O)ccc12. The zero-order valence-electron chi connectivity index (χ0n) is 11.3. The summed E-state index contributed by atoms with van der Waals surface area (Å²) in [6.45, 7) is 5.29. The van der Waals surface area contributed by atoms with Gasteiger partial charge in [0.1, 0.15) is 17.9 Å². The van der Waals surface area contributed by atoms with Crippen LogP contribution in [0.4, 0.5) is 0 Å². The van der Waals surface area contributed by atoms with Crippen LogP contribution in [-0.2, 0) is 0 Å². The highest BCUT2D eigenvalue weighted by molar-refractivity contribution is 6.04. The number of ketones is 1. The first-order valence-electron chi connectivity index (χ1n) is 6.18. The molecule has 0 radical (unpaired) electrons. The highest BCUT2D eigenvalue weighted by Crippen LogP contribution is 2.24. The fraction of sp³-hybridized carbons (Fsp3) is 0.429. The fourth-order valence-electron chi connectivity index (χ4n) is 1.63. The van der Waals surface area contributed by atoms with E-state index in [4.69, 9.17) is 9.26 Å². The van der Waals surface area contributed by atoms with Gasteiger partial charge in [-0.25, -0.2) is 0 Å². The quantitative estimate of drug-likeness (QED) is 0.839. The first-order chi connectivity index (χ1) is 8.90. The zero-order chi connectivity index (χ0) is 14.0. The number of benzene rings is 1. The third-order valence-electron chi connectivity index (χ3n) is 2.62. The van der Waals surface area contributed by atoms with Crippen LogP contribution in [0.3, 0.4) is 0 Å². The molecule has 5 nitrogen and oxygen atoms in total. The molecule has 0 spiro atoms. The molecule has 0 saturated heterocycles. The zero-order valence-corrected chi connectivity index (χ0v) is 11.3. The van der Waals surface area contributed by atoms with Crippen molar-refractivity contribution >= 4 is 16.7 Å². The highest BCUT2D eigenvalue weighted by Gasteiger charge is 2.17. The molecule has 0 aliphatic rings. The Morgan fingerprint density at radius 3 is 2.84 bits per heavy atom. The summed E-state index contributed by atoms with van der Waals surface area (Å²) in [5.41, 5.74) is -0.327. The van der Waals surface area contributed by atoms with Gasteiger partial charge in [-0.2, -0.15) is 0 Å². The minimum atomic E-state index is -0.901. The molecule has 1 heterocycles. The standard InChI is InChI=1S/C14H17NO4/c1-4-12(16)13-10-6-5-9(7-11(10)15-19-13)18-8-14(2,3)17/h5-7,17H,4,8H2,1-3H3. The van der Waals surface area contributed by atoms with Crippen molar-refractivity contribution in [3.63, 3.8) is 0 Å². The maximum Gasteiger partial charge on any atom is 0.210 e. The molecule has 0 bridgehead atoms. The molecular weight excluding hydrogens is 246 g/mol. The molecule has 19 heavy (non-hydrogen) atoms. The average molecular weight is 263 g/mol. The van der Waals surface area contributed by atoms with Crippen molar-refractivity contribution in [2.24, 2.45) is 0 Å². The summed E-state index contributed by atoms with van der Waals surface area (Å²) < 4.78 is 10.5. The summed E-state index contributed by atoms with van der Waals surface area (Å²) in [6.07, 6.45) is 0.376. The lowest BCUT2D eigenvalue weighted by molar-refractivity contribution is 0.0285. The van der Waals surface area contributed by atoms with Crippen molar-refractivity contribution in [3.05, 3.63) is 24.0 Å².